The maximum Gasteiger partial charge on any atom is 0.234 e. The second-order valence-corrected chi connectivity index (χ2v) is 7.64. The molecular weight excluding hydrogens is 358 g/mol. The van der Waals surface area contributed by atoms with Gasteiger partial charge in [0.2, 0.25) is 11.8 Å². The van der Waals surface area contributed by atoms with Crippen LogP contribution < -0.4 is 16.0 Å². The van der Waals surface area contributed by atoms with Crippen LogP contribution in [0, 0.1) is 12.8 Å². The molecule has 0 saturated carbocycles. The summed E-state index contributed by atoms with van der Waals surface area (Å²) in [6.07, 6.45) is 2.21. The predicted molar refractivity (Wildman–Crippen MR) is 108 cm³/mol. The van der Waals surface area contributed by atoms with E-state index in [0.717, 1.165) is 30.8 Å². The van der Waals surface area contributed by atoms with E-state index >= 15 is 0 Å². The number of halogens is 1. The molecule has 1 heterocycles. The SMILES string of the molecule is Cc1ccc(NC(=O)CSC(C)C(=O)NCCC2CCNC2)cc1.Cl. The fourth-order valence-corrected chi connectivity index (χ4v) is 3.32. The molecule has 0 bridgehead atoms. The van der Waals surface area contributed by atoms with Gasteiger partial charge in [0.1, 0.15) is 0 Å². The van der Waals surface area contributed by atoms with Crippen molar-refractivity contribution in [3.05, 3.63) is 29.8 Å². The summed E-state index contributed by atoms with van der Waals surface area (Å²) < 4.78 is 0. The summed E-state index contributed by atoms with van der Waals surface area (Å²) >= 11 is 1.36. The van der Waals surface area contributed by atoms with Gasteiger partial charge in [0.15, 0.2) is 0 Å². The number of benzene rings is 1. The van der Waals surface area contributed by atoms with E-state index < -0.39 is 0 Å². The molecule has 0 radical (unpaired) electrons. The summed E-state index contributed by atoms with van der Waals surface area (Å²) in [5.74, 6) is 0.873. The number of carbonyl (C=O) groups excluding carboxylic acids is 2. The molecule has 1 aliphatic heterocycles. The first-order valence-electron chi connectivity index (χ1n) is 8.51. The van der Waals surface area contributed by atoms with Crippen LogP contribution in [-0.4, -0.2) is 42.5 Å². The molecule has 2 rings (SSSR count). The number of hydrogen-bond acceptors (Lipinski definition) is 4. The van der Waals surface area contributed by atoms with Crippen LogP contribution in [0.5, 0.6) is 0 Å². The molecule has 0 spiro atoms. The second kappa shape index (κ2) is 11.4. The number of nitrogens with one attached hydrogen (secondary N) is 3. The Labute approximate surface area is 160 Å². The molecule has 2 unspecified atom stereocenters. The van der Waals surface area contributed by atoms with Crippen molar-refractivity contribution in [2.24, 2.45) is 5.92 Å². The third kappa shape index (κ3) is 8.12. The normalized spacial score (nSPS) is 17.4. The van der Waals surface area contributed by atoms with Gasteiger partial charge < -0.3 is 16.0 Å². The smallest absolute Gasteiger partial charge is 0.234 e. The highest BCUT2D eigenvalue weighted by Crippen LogP contribution is 2.14. The van der Waals surface area contributed by atoms with E-state index in [4.69, 9.17) is 0 Å². The van der Waals surface area contributed by atoms with Crippen molar-refractivity contribution < 1.29 is 9.59 Å². The number of aryl methyl sites for hydroxylation is 1. The molecule has 0 aromatic heterocycles. The van der Waals surface area contributed by atoms with Crippen molar-refractivity contribution in [3.63, 3.8) is 0 Å². The number of anilines is 1. The minimum Gasteiger partial charge on any atom is -0.355 e. The van der Waals surface area contributed by atoms with E-state index in [1.807, 2.05) is 38.1 Å². The van der Waals surface area contributed by atoms with E-state index in [0.29, 0.717) is 12.5 Å². The van der Waals surface area contributed by atoms with Crippen molar-refractivity contribution in [3.8, 4) is 0 Å². The van der Waals surface area contributed by atoms with Gasteiger partial charge in [-0.25, -0.2) is 0 Å². The van der Waals surface area contributed by atoms with Crippen molar-refractivity contribution in [1.29, 1.82) is 0 Å². The highest BCUT2D eigenvalue weighted by Gasteiger charge is 2.17. The Kier molecular flexibility index (Phi) is 9.93. The van der Waals surface area contributed by atoms with E-state index in [9.17, 15) is 9.59 Å². The van der Waals surface area contributed by atoms with Gasteiger partial charge in [0.25, 0.3) is 0 Å². The predicted octanol–water partition coefficient (Wildman–Crippen LogP) is 2.59. The molecule has 5 nitrogen and oxygen atoms in total. The maximum absolute atomic E-state index is 12.0. The van der Waals surface area contributed by atoms with Gasteiger partial charge in [0, 0.05) is 12.2 Å². The lowest BCUT2D eigenvalue weighted by atomic mass is 10.1. The average Bonchev–Trinajstić information content (AvgIpc) is 3.08. The minimum atomic E-state index is -0.226. The first-order valence-corrected chi connectivity index (χ1v) is 9.56. The molecule has 2 atom stereocenters. The Balaban J connectivity index is 0.00000312. The quantitative estimate of drug-likeness (QED) is 0.643. The summed E-state index contributed by atoms with van der Waals surface area (Å²) in [5, 5.41) is 8.92. The van der Waals surface area contributed by atoms with Gasteiger partial charge in [-0.1, -0.05) is 17.7 Å². The number of hydrogen-bond donors (Lipinski definition) is 3. The lowest BCUT2D eigenvalue weighted by Gasteiger charge is -2.13. The zero-order valence-corrected chi connectivity index (χ0v) is 16.5. The summed E-state index contributed by atoms with van der Waals surface area (Å²) in [6.45, 7) is 6.70. The zero-order chi connectivity index (χ0) is 17.4. The van der Waals surface area contributed by atoms with Gasteiger partial charge in [-0.05, 0) is 57.8 Å². The van der Waals surface area contributed by atoms with Gasteiger partial charge in [-0.15, -0.1) is 24.2 Å². The third-order valence-corrected chi connectivity index (χ3v) is 5.33. The van der Waals surface area contributed by atoms with Crippen molar-refractivity contribution in [1.82, 2.24) is 10.6 Å². The molecule has 1 aromatic rings. The highest BCUT2D eigenvalue weighted by atomic mass is 35.5. The van der Waals surface area contributed by atoms with Crippen LogP contribution in [0.2, 0.25) is 0 Å². The highest BCUT2D eigenvalue weighted by molar-refractivity contribution is 8.01. The molecule has 0 aliphatic carbocycles. The Hall–Kier alpha value is -1.24. The van der Waals surface area contributed by atoms with Crippen molar-refractivity contribution in [2.45, 2.75) is 31.9 Å². The number of carbonyl (C=O) groups is 2. The molecule has 1 fully saturated rings. The van der Waals surface area contributed by atoms with Gasteiger partial charge in [-0.2, -0.15) is 0 Å². The molecule has 140 valence electrons. The van der Waals surface area contributed by atoms with Crippen LogP contribution in [0.4, 0.5) is 5.69 Å². The minimum absolute atomic E-state index is 0. The maximum atomic E-state index is 12.0. The Morgan fingerprint density at radius 1 is 1.32 bits per heavy atom. The lowest BCUT2D eigenvalue weighted by Crippen LogP contribution is -2.33. The summed E-state index contributed by atoms with van der Waals surface area (Å²) in [7, 11) is 0. The van der Waals surface area contributed by atoms with E-state index in [1.165, 1.54) is 18.2 Å². The second-order valence-electron chi connectivity index (χ2n) is 6.31. The topological polar surface area (TPSA) is 70.2 Å². The Morgan fingerprint density at radius 2 is 2.04 bits per heavy atom. The monoisotopic (exact) mass is 385 g/mol. The average molecular weight is 386 g/mol. The summed E-state index contributed by atoms with van der Waals surface area (Å²) in [6, 6.07) is 7.68. The van der Waals surface area contributed by atoms with Crippen molar-refractivity contribution in [2.75, 3.05) is 30.7 Å². The van der Waals surface area contributed by atoms with Crippen LogP contribution in [-0.2, 0) is 9.59 Å². The molecule has 25 heavy (non-hydrogen) atoms. The molecule has 7 heteroatoms. The van der Waals surface area contributed by atoms with E-state index in [-0.39, 0.29) is 35.2 Å². The lowest BCUT2D eigenvalue weighted by molar-refractivity contribution is -0.120. The molecule has 1 aromatic carbocycles. The van der Waals surface area contributed by atoms with E-state index in [2.05, 4.69) is 16.0 Å². The first-order chi connectivity index (χ1) is 11.5. The fraction of sp³-hybridized carbons (Fsp3) is 0.556. The van der Waals surface area contributed by atoms with Gasteiger partial charge in [-0.3, -0.25) is 9.59 Å². The van der Waals surface area contributed by atoms with Gasteiger partial charge in [0.05, 0.1) is 11.0 Å². The third-order valence-electron chi connectivity index (χ3n) is 4.18. The summed E-state index contributed by atoms with van der Waals surface area (Å²) in [4.78, 5) is 24.0. The Bertz CT molecular complexity index is 548. The van der Waals surface area contributed by atoms with Crippen molar-refractivity contribution >= 4 is 41.7 Å². The van der Waals surface area contributed by atoms with Crippen LogP contribution in [0.15, 0.2) is 24.3 Å². The number of amides is 2. The first kappa shape index (κ1) is 21.8. The van der Waals surface area contributed by atoms with Crippen LogP contribution in [0.3, 0.4) is 0 Å². The van der Waals surface area contributed by atoms with Crippen LogP contribution in [0.1, 0.15) is 25.3 Å². The zero-order valence-electron chi connectivity index (χ0n) is 14.8. The summed E-state index contributed by atoms with van der Waals surface area (Å²) in [5.41, 5.74) is 1.94. The number of rotatable bonds is 8. The molecular formula is C18H28ClN3O2S. The molecule has 2 amide bonds. The number of thioether (sulfide) groups is 1. The van der Waals surface area contributed by atoms with Crippen LogP contribution in [0.25, 0.3) is 0 Å². The standard InChI is InChI=1S/C18H27N3O2S.ClH/c1-13-3-5-16(6-4-13)21-17(22)12-24-14(2)18(23)20-10-8-15-7-9-19-11-15;/h3-6,14-15,19H,7-12H2,1-2H3,(H,20,23)(H,21,22);1H. The van der Waals surface area contributed by atoms with Gasteiger partial charge >= 0.3 is 0 Å². The van der Waals surface area contributed by atoms with Crippen LogP contribution >= 0.6 is 24.2 Å². The Morgan fingerprint density at radius 3 is 2.68 bits per heavy atom. The molecule has 3 N–H and O–H groups in total. The largest absolute Gasteiger partial charge is 0.355 e. The molecule has 1 saturated heterocycles. The van der Waals surface area contributed by atoms with E-state index in [1.54, 1.807) is 0 Å². The molecule has 1 aliphatic rings. The fourth-order valence-electron chi connectivity index (χ4n) is 2.61.